The number of ether oxygens (including phenoxy) is 1. The molecule has 0 atom stereocenters. The summed E-state index contributed by atoms with van der Waals surface area (Å²) in [5.41, 5.74) is 0. The Balaban J connectivity index is 2.50. The Labute approximate surface area is 65.0 Å². The van der Waals surface area contributed by atoms with Crippen LogP contribution in [0.25, 0.3) is 0 Å². The quantitative estimate of drug-likeness (QED) is 0.299. The fourth-order valence-corrected chi connectivity index (χ4v) is 0.881. The van der Waals surface area contributed by atoms with Gasteiger partial charge in [0, 0.05) is 6.42 Å². The summed E-state index contributed by atoms with van der Waals surface area (Å²) < 4.78 is 4.44. The van der Waals surface area contributed by atoms with Gasteiger partial charge in [-0.15, -0.1) is 0 Å². The summed E-state index contributed by atoms with van der Waals surface area (Å²) in [6.07, 6.45) is 5.81. The summed E-state index contributed by atoms with van der Waals surface area (Å²) in [5, 5.41) is 0. The number of esters is 2. The summed E-state index contributed by atoms with van der Waals surface area (Å²) in [7, 11) is 0. The molecule has 3 nitrogen and oxygen atoms in total. The van der Waals surface area contributed by atoms with Crippen LogP contribution in [0, 0.1) is 0 Å². The second kappa shape index (κ2) is 3.91. The first-order chi connectivity index (χ1) is 5.29. The van der Waals surface area contributed by atoms with Crippen molar-refractivity contribution in [2.45, 2.75) is 25.7 Å². The molecule has 0 N–H and O–H groups in total. The molecule has 0 aromatic rings. The Kier molecular flexibility index (Phi) is 2.83. The molecular formula is C8H10O3. The zero-order valence-electron chi connectivity index (χ0n) is 6.21. The molecule has 0 aromatic heterocycles. The van der Waals surface area contributed by atoms with E-state index in [9.17, 15) is 9.59 Å². The third kappa shape index (κ3) is 2.98. The van der Waals surface area contributed by atoms with E-state index >= 15 is 0 Å². The van der Waals surface area contributed by atoms with Gasteiger partial charge in [-0.05, 0) is 12.8 Å². The zero-order valence-corrected chi connectivity index (χ0v) is 6.21. The van der Waals surface area contributed by atoms with Crippen LogP contribution in [0.5, 0.6) is 0 Å². The molecule has 0 amide bonds. The van der Waals surface area contributed by atoms with Crippen LogP contribution < -0.4 is 0 Å². The highest BCUT2D eigenvalue weighted by atomic mass is 16.6. The normalized spacial score (nSPS) is 22.9. The Hall–Kier alpha value is -1.12. The van der Waals surface area contributed by atoms with Crippen molar-refractivity contribution in [3.8, 4) is 0 Å². The monoisotopic (exact) mass is 154 g/mol. The van der Waals surface area contributed by atoms with Gasteiger partial charge < -0.3 is 4.74 Å². The van der Waals surface area contributed by atoms with E-state index in [1.807, 2.05) is 6.08 Å². The summed E-state index contributed by atoms with van der Waals surface area (Å²) in [5.74, 6) is -0.855. The molecule has 0 spiro atoms. The highest BCUT2D eigenvalue weighted by molar-refractivity contribution is 5.86. The van der Waals surface area contributed by atoms with E-state index in [-0.39, 0.29) is 6.42 Å². The molecule has 3 heteroatoms. The standard InChI is InChI=1S/C8H10O3/c9-7-5-3-1-2-4-6-8(10)11-7/h1,3H,2,4-6H2/b3-1-. The molecule has 0 aliphatic carbocycles. The zero-order chi connectivity index (χ0) is 8.10. The second-order valence-corrected chi connectivity index (χ2v) is 2.41. The van der Waals surface area contributed by atoms with Crippen molar-refractivity contribution in [3.63, 3.8) is 0 Å². The predicted octanol–water partition coefficient (Wildman–Crippen LogP) is 1.19. The maximum Gasteiger partial charge on any atom is 0.317 e. The third-order valence-electron chi connectivity index (χ3n) is 1.43. The molecule has 0 aromatic carbocycles. The van der Waals surface area contributed by atoms with Crippen LogP contribution >= 0.6 is 0 Å². The number of carbonyl (C=O) groups excluding carboxylic acids is 2. The smallest absolute Gasteiger partial charge is 0.317 e. The van der Waals surface area contributed by atoms with Gasteiger partial charge in [0.2, 0.25) is 0 Å². The summed E-state index contributed by atoms with van der Waals surface area (Å²) in [6, 6.07) is 0. The Morgan fingerprint density at radius 1 is 1.18 bits per heavy atom. The number of cyclic esters (lactones) is 2. The van der Waals surface area contributed by atoms with E-state index in [4.69, 9.17) is 0 Å². The lowest BCUT2D eigenvalue weighted by molar-refractivity contribution is -0.158. The lowest BCUT2D eigenvalue weighted by Gasteiger charge is -1.97. The van der Waals surface area contributed by atoms with Gasteiger partial charge in [0.05, 0.1) is 6.42 Å². The SMILES string of the molecule is O=C1C/C=C\CCCC(=O)O1. The van der Waals surface area contributed by atoms with E-state index in [1.165, 1.54) is 0 Å². The fraction of sp³-hybridized carbons (Fsp3) is 0.500. The van der Waals surface area contributed by atoms with Crippen LogP contribution in [0.1, 0.15) is 25.7 Å². The van der Waals surface area contributed by atoms with Gasteiger partial charge in [0.25, 0.3) is 0 Å². The maximum atomic E-state index is 10.7. The van der Waals surface area contributed by atoms with Gasteiger partial charge >= 0.3 is 11.9 Å². The largest absolute Gasteiger partial charge is 0.393 e. The predicted molar refractivity (Wildman–Crippen MR) is 38.7 cm³/mol. The van der Waals surface area contributed by atoms with E-state index in [0.29, 0.717) is 6.42 Å². The molecule has 0 saturated heterocycles. The number of allylic oxidation sites excluding steroid dienone is 1. The molecule has 1 aliphatic heterocycles. The van der Waals surface area contributed by atoms with Crippen LogP contribution in [0.3, 0.4) is 0 Å². The average molecular weight is 154 g/mol. The van der Waals surface area contributed by atoms with Gasteiger partial charge in [0.1, 0.15) is 0 Å². The van der Waals surface area contributed by atoms with Gasteiger partial charge in [-0.3, -0.25) is 9.59 Å². The van der Waals surface area contributed by atoms with Gasteiger partial charge in [-0.1, -0.05) is 12.2 Å². The van der Waals surface area contributed by atoms with Crippen molar-refractivity contribution < 1.29 is 14.3 Å². The van der Waals surface area contributed by atoms with Crippen molar-refractivity contribution >= 4 is 11.9 Å². The highest BCUT2D eigenvalue weighted by Gasteiger charge is 2.09. The van der Waals surface area contributed by atoms with E-state index in [0.717, 1.165) is 12.8 Å². The maximum absolute atomic E-state index is 10.7. The molecule has 11 heavy (non-hydrogen) atoms. The van der Waals surface area contributed by atoms with E-state index < -0.39 is 11.9 Å². The minimum absolute atomic E-state index is 0.214. The number of rotatable bonds is 0. The van der Waals surface area contributed by atoms with Gasteiger partial charge in [-0.25, -0.2) is 0 Å². The summed E-state index contributed by atoms with van der Waals surface area (Å²) in [4.78, 5) is 21.4. The van der Waals surface area contributed by atoms with Crippen molar-refractivity contribution in [3.05, 3.63) is 12.2 Å². The van der Waals surface area contributed by atoms with Crippen molar-refractivity contribution in [1.82, 2.24) is 0 Å². The molecule has 0 fully saturated rings. The molecule has 0 radical (unpaired) electrons. The molecule has 0 unspecified atom stereocenters. The molecule has 1 aliphatic rings. The van der Waals surface area contributed by atoms with Crippen LogP contribution in [0.4, 0.5) is 0 Å². The summed E-state index contributed by atoms with van der Waals surface area (Å²) in [6.45, 7) is 0. The van der Waals surface area contributed by atoms with E-state index in [1.54, 1.807) is 6.08 Å². The van der Waals surface area contributed by atoms with Crippen LogP contribution in [-0.2, 0) is 14.3 Å². The van der Waals surface area contributed by atoms with Crippen molar-refractivity contribution in [2.24, 2.45) is 0 Å². The van der Waals surface area contributed by atoms with Crippen LogP contribution in [-0.4, -0.2) is 11.9 Å². The van der Waals surface area contributed by atoms with Gasteiger partial charge in [-0.2, -0.15) is 0 Å². The minimum Gasteiger partial charge on any atom is -0.393 e. The first-order valence-corrected chi connectivity index (χ1v) is 3.67. The molecule has 1 rings (SSSR count). The van der Waals surface area contributed by atoms with Crippen molar-refractivity contribution in [2.75, 3.05) is 0 Å². The molecule has 0 saturated carbocycles. The average Bonchev–Trinajstić information content (AvgIpc) is 2.02. The molecule has 60 valence electrons. The molecular weight excluding hydrogens is 144 g/mol. The Bertz CT molecular complexity index is 194. The molecule has 0 bridgehead atoms. The van der Waals surface area contributed by atoms with Crippen LogP contribution in [0.2, 0.25) is 0 Å². The lowest BCUT2D eigenvalue weighted by atomic mass is 10.2. The number of carbonyl (C=O) groups is 2. The Morgan fingerprint density at radius 2 is 2.00 bits per heavy atom. The fourth-order valence-electron chi connectivity index (χ4n) is 0.881. The third-order valence-corrected chi connectivity index (χ3v) is 1.43. The highest BCUT2D eigenvalue weighted by Crippen LogP contribution is 2.03. The number of hydrogen-bond donors (Lipinski definition) is 0. The number of hydrogen-bond acceptors (Lipinski definition) is 3. The topological polar surface area (TPSA) is 43.4 Å². The summed E-state index contributed by atoms with van der Waals surface area (Å²) >= 11 is 0. The van der Waals surface area contributed by atoms with Crippen LogP contribution in [0.15, 0.2) is 12.2 Å². The van der Waals surface area contributed by atoms with Gasteiger partial charge in [0.15, 0.2) is 0 Å². The minimum atomic E-state index is -0.451. The first-order valence-electron chi connectivity index (χ1n) is 3.67. The second-order valence-electron chi connectivity index (χ2n) is 2.41. The van der Waals surface area contributed by atoms with E-state index in [2.05, 4.69) is 4.74 Å². The Morgan fingerprint density at radius 3 is 2.82 bits per heavy atom. The lowest BCUT2D eigenvalue weighted by Crippen LogP contribution is -2.10. The molecule has 1 heterocycles. The van der Waals surface area contributed by atoms with Crippen molar-refractivity contribution in [1.29, 1.82) is 0 Å². The first kappa shape index (κ1) is 7.98.